The van der Waals surface area contributed by atoms with Gasteiger partial charge in [0.05, 0.1) is 31.4 Å². The van der Waals surface area contributed by atoms with Gasteiger partial charge in [0.15, 0.2) is 0 Å². The van der Waals surface area contributed by atoms with Crippen LogP contribution in [0.25, 0.3) is 0 Å². The monoisotopic (exact) mass is 327 g/mol. The fourth-order valence-corrected chi connectivity index (χ4v) is 3.43. The van der Waals surface area contributed by atoms with Gasteiger partial charge in [-0.3, -0.25) is 4.90 Å². The maximum atomic E-state index is 12.1. The summed E-state index contributed by atoms with van der Waals surface area (Å²) in [6.45, 7) is 3.76. The third-order valence-corrected chi connectivity index (χ3v) is 4.91. The Labute approximate surface area is 135 Å². The van der Waals surface area contributed by atoms with Crippen LogP contribution in [-0.2, 0) is 18.3 Å². The second-order valence-corrected chi connectivity index (χ2v) is 6.28. The van der Waals surface area contributed by atoms with E-state index >= 15 is 0 Å². The molecule has 2 fully saturated rings. The molecule has 2 aliphatic rings. The molecule has 3 rings (SSSR count). The SMILES string of the molecule is COCCN1C(=O)N[C@@H]2CN(Cc3ncc(Cl)n3C)CC[C@@H]21. The first-order chi connectivity index (χ1) is 10.6. The number of carbonyl (C=O) groups is 1. The Morgan fingerprint density at radius 3 is 3.05 bits per heavy atom. The molecule has 2 aliphatic heterocycles. The highest BCUT2D eigenvalue weighted by Gasteiger charge is 2.42. The lowest BCUT2D eigenvalue weighted by atomic mass is 10.00. The highest BCUT2D eigenvalue weighted by atomic mass is 35.5. The summed E-state index contributed by atoms with van der Waals surface area (Å²) in [5.41, 5.74) is 0. The van der Waals surface area contributed by atoms with E-state index in [4.69, 9.17) is 16.3 Å². The predicted octanol–water partition coefficient (Wildman–Crippen LogP) is 0.688. The number of hydrogen-bond acceptors (Lipinski definition) is 4. The van der Waals surface area contributed by atoms with E-state index in [9.17, 15) is 4.79 Å². The first-order valence-corrected chi connectivity index (χ1v) is 7.92. The number of amides is 2. The summed E-state index contributed by atoms with van der Waals surface area (Å²) in [4.78, 5) is 20.6. The molecular formula is C14H22ClN5O2. The Balaban J connectivity index is 1.61. The molecule has 22 heavy (non-hydrogen) atoms. The summed E-state index contributed by atoms with van der Waals surface area (Å²) in [5, 5.41) is 3.73. The smallest absolute Gasteiger partial charge is 0.318 e. The number of imidazole rings is 1. The van der Waals surface area contributed by atoms with Gasteiger partial charge in [-0.1, -0.05) is 11.6 Å². The number of rotatable bonds is 5. The summed E-state index contributed by atoms with van der Waals surface area (Å²) in [5.74, 6) is 0.948. The van der Waals surface area contributed by atoms with Crippen molar-refractivity contribution >= 4 is 17.6 Å². The van der Waals surface area contributed by atoms with Crippen LogP contribution in [0.3, 0.4) is 0 Å². The lowest BCUT2D eigenvalue weighted by Crippen LogP contribution is -2.51. The van der Waals surface area contributed by atoms with Crippen LogP contribution in [0.1, 0.15) is 12.2 Å². The molecule has 0 radical (unpaired) electrons. The van der Waals surface area contributed by atoms with Crippen LogP contribution in [0.5, 0.6) is 0 Å². The third-order valence-electron chi connectivity index (χ3n) is 4.56. The van der Waals surface area contributed by atoms with Gasteiger partial charge in [0.1, 0.15) is 11.0 Å². The van der Waals surface area contributed by atoms with Crippen molar-refractivity contribution in [3.8, 4) is 0 Å². The summed E-state index contributed by atoms with van der Waals surface area (Å²) < 4.78 is 6.99. The van der Waals surface area contributed by atoms with Crippen LogP contribution in [-0.4, -0.2) is 70.8 Å². The molecule has 1 N–H and O–H groups in total. The fourth-order valence-electron chi connectivity index (χ4n) is 3.29. The minimum absolute atomic E-state index is 0.0222. The molecule has 0 aromatic carbocycles. The molecular weight excluding hydrogens is 306 g/mol. The number of aromatic nitrogens is 2. The van der Waals surface area contributed by atoms with E-state index in [1.165, 1.54) is 0 Å². The Morgan fingerprint density at radius 2 is 2.36 bits per heavy atom. The maximum absolute atomic E-state index is 12.1. The molecule has 0 unspecified atom stereocenters. The minimum atomic E-state index is 0.0222. The van der Waals surface area contributed by atoms with Gasteiger partial charge < -0.3 is 19.5 Å². The van der Waals surface area contributed by atoms with E-state index in [-0.39, 0.29) is 18.1 Å². The maximum Gasteiger partial charge on any atom is 0.318 e. The second-order valence-electron chi connectivity index (χ2n) is 5.89. The molecule has 122 valence electrons. The van der Waals surface area contributed by atoms with E-state index in [1.54, 1.807) is 13.3 Å². The van der Waals surface area contributed by atoms with Crippen LogP contribution >= 0.6 is 11.6 Å². The molecule has 3 heterocycles. The quantitative estimate of drug-likeness (QED) is 0.864. The zero-order valence-corrected chi connectivity index (χ0v) is 13.7. The number of piperidine rings is 1. The average Bonchev–Trinajstić information content (AvgIpc) is 2.98. The Bertz CT molecular complexity index is 549. The summed E-state index contributed by atoms with van der Waals surface area (Å²) >= 11 is 6.03. The van der Waals surface area contributed by atoms with E-state index < -0.39 is 0 Å². The van der Waals surface area contributed by atoms with Gasteiger partial charge in [-0.05, 0) is 6.42 Å². The van der Waals surface area contributed by atoms with Crippen LogP contribution in [0.4, 0.5) is 4.79 Å². The minimum Gasteiger partial charge on any atom is -0.383 e. The zero-order valence-electron chi connectivity index (χ0n) is 13.0. The lowest BCUT2D eigenvalue weighted by molar-refractivity contribution is 0.109. The van der Waals surface area contributed by atoms with Gasteiger partial charge in [0.2, 0.25) is 0 Å². The number of urea groups is 1. The van der Waals surface area contributed by atoms with Crippen LogP contribution in [0.2, 0.25) is 5.15 Å². The van der Waals surface area contributed by atoms with E-state index in [1.807, 2.05) is 16.5 Å². The summed E-state index contributed by atoms with van der Waals surface area (Å²) in [6, 6.07) is 0.464. The molecule has 0 spiro atoms. The van der Waals surface area contributed by atoms with E-state index in [2.05, 4.69) is 15.2 Å². The molecule has 2 amide bonds. The second kappa shape index (κ2) is 6.44. The van der Waals surface area contributed by atoms with Gasteiger partial charge in [0.25, 0.3) is 0 Å². The Hall–Kier alpha value is -1.31. The van der Waals surface area contributed by atoms with Crippen LogP contribution in [0.15, 0.2) is 6.20 Å². The summed E-state index contributed by atoms with van der Waals surface area (Å²) in [6.07, 6.45) is 2.64. The molecule has 0 bridgehead atoms. The third kappa shape index (κ3) is 2.93. The molecule has 2 atom stereocenters. The molecule has 0 saturated carbocycles. The molecule has 0 aliphatic carbocycles. The van der Waals surface area contributed by atoms with Crippen molar-refractivity contribution in [2.75, 3.05) is 33.4 Å². The van der Waals surface area contributed by atoms with Crippen LogP contribution < -0.4 is 5.32 Å². The van der Waals surface area contributed by atoms with Gasteiger partial charge in [-0.2, -0.15) is 0 Å². The number of fused-ring (bicyclic) bond motifs is 1. The van der Waals surface area contributed by atoms with Gasteiger partial charge in [-0.25, -0.2) is 9.78 Å². The number of ether oxygens (including phenoxy) is 1. The number of hydrogen-bond donors (Lipinski definition) is 1. The van der Waals surface area contributed by atoms with Crippen molar-refractivity contribution in [2.24, 2.45) is 7.05 Å². The fraction of sp³-hybridized carbons (Fsp3) is 0.714. The average molecular weight is 328 g/mol. The topological polar surface area (TPSA) is 62.6 Å². The Kier molecular flexibility index (Phi) is 4.56. The number of nitrogens with one attached hydrogen (secondary N) is 1. The molecule has 7 nitrogen and oxygen atoms in total. The standard InChI is InChI=1S/C14H22ClN5O2/c1-18-12(15)7-16-13(18)9-19-4-3-11-10(8-19)17-14(21)20(11)5-6-22-2/h7,10-11H,3-6,8-9H2,1-2H3,(H,17,21)/t10-,11+/m1/s1. The molecule has 8 heteroatoms. The van der Waals surface area contributed by atoms with Crippen LogP contribution in [0, 0.1) is 0 Å². The zero-order chi connectivity index (χ0) is 15.7. The van der Waals surface area contributed by atoms with Crippen molar-refractivity contribution in [2.45, 2.75) is 25.0 Å². The van der Waals surface area contributed by atoms with Crippen molar-refractivity contribution in [1.29, 1.82) is 0 Å². The highest BCUT2D eigenvalue weighted by Crippen LogP contribution is 2.24. The number of methoxy groups -OCH3 is 1. The number of carbonyl (C=O) groups excluding carboxylic acids is 1. The number of nitrogens with zero attached hydrogens (tertiary/aromatic N) is 4. The van der Waals surface area contributed by atoms with E-state index in [0.29, 0.717) is 18.3 Å². The molecule has 1 aromatic heterocycles. The van der Waals surface area contributed by atoms with E-state index in [0.717, 1.165) is 31.9 Å². The molecule has 1 aromatic rings. The lowest BCUT2D eigenvalue weighted by Gasteiger charge is -2.36. The van der Waals surface area contributed by atoms with Crippen molar-refractivity contribution in [1.82, 2.24) is 24.7 Å². The predicted molar refractivity (Wildman–Crippen MR) is 82.8 cm³/mol. The first-order valence-electron chi connectivity index (χ1n) is 7.54. The van der Waals surface area contributed by atoms with Gasteiger partial charge in [0, 0.05) is 33.8 Å². The Morgan fingerprint density at radius 1 is 1.55 bits per heavy atom. The van der Waals surface area contributed by atoms with Gasteiger partial charge in [-0.15, -0.1) is 0 Å². The summed E-state index contributed by atoms with van der Waals surface area (Å²) in [7, 11) is 3.58. The van der Waals surface area contributed by atoms with Crippen molar-refractivity contribution in [3.05, 3.63) is 17.2 Å². The highest BCUT2D eigenvalue weighted by molar-refractivity contribution is 6.29. The van der Waals surface area contributed by atoms with Gasteiger partial charge >= 0.3 is 6.03 Å². The largest absolute Gasteiger partial charge is 0.383 e. The number of likely N-dealkylation sites (tertiary alicyclic amines) is 1. The first kappa shape index (κ1) is 15.6. The number of halogens is 1. The van der Waals surface area contributed by atoms with Crippen molar-refractivity contribution < 1.29 is 9.53 Å². The molecule has 2 saturated heterocycles. The van der Waals surface area contributed by atoms with Crippen molar-refractivity contribution in [3.63, 3.8) is 0 Å². The normalized spacial score (nSPS) is 25.4.